The van der Waals surface area contributed by atoms with Crippen LogP contribution in [0.2, 0.25) is 0 Å². The molecular formula is C48H33N3O. The number of hydrogen-bond donors (Lipinski definition) is 0. The number of rotatable bonds is 5. The minimum absolute atomic E-state index is 0.0917. The molecular weight excluding hydrogens is 635 g/mol. The Balaban J connectivity index is 1.12. The van der Waals surface area contributed by atoms with Crippen molar-refractivity contribution in [1.29, 1.82) is 0 Å². The maximum absolute atomic E-state index is 6.91. The van der Waals surface area contributed by atoms with Crippen molar-refractivity contribution < 1.29 is 4.42 Å². The summed E-state index contributed by atoms with van der Waals surface area (Å²) in [6, 6.07) is 57.2. The van der Waals surface area contributed by atoms with E-state index in [2.05, 4.69) is 135 Å². The summed E-state index contributed by atoms with van der Waals surface area (Å²) in [5, 5.41) is 2.09. The van der Waals surface area contributed by atoms with Crippen LogP contribution in [0.3, 0.4) is 0 Å². The van der Waals surface area contributed by atoms with E-state index in [1.54, 1.807) is 0 Å². The Bertz CT molecular complexity index is 2800. The van der Waals surface area contributed by atoms with Crippen molar-refractivity contribution in [1.82, 2.24) is 15.0 Å². The Labute approximate surface area is 302 Å². The number of fused-ring (bicyclic) bond motifs is 6. The molecule has 246 valence electrons. The third-order valence-corrected chi connectivity index (χ3v) is 10.6. The normalized spacial score (nSPS) is 13.0. The minimum atomic E-state index is -0.0917. The fourth-order valence-electron chi connectivity index (χ4n) is 7.88. The highest BCUT2D eigenvalue weighted by atomic mass is 16.3. The van der Waals surface area contributed by atoms with E-state index in [1.165, 1.54) is 27.8 Å². The smallest absolute Gasteiger partial charge is 0.167 e. The second-order valence-corrected chi connectivity index (χ2v) is 14.0. The maximum atomic E-state index is 6.91. The lowest BCUT2D eigenvalue weighted by Crippen LogP contribution is -2.14. The molecule has 0 atom stereocenters. The summed E-state index contributed by atoms with van der Waals surface area (Å²) in [6.45, 7) is 4.64. The largest absolute Gasteiger partial charge is 0.455 e. The van der Waals surface area contributed by atoms with Crippen LogP contribution in [0.4, 0.5) is 0 Å². The van der Waals surface area contributed by atoms with Gasteiger partial charge in [0.05, 0.1) is 5.56 Å². The van der Waals surface area contributed by atoms with Crippen molar-refractivity contribution in [2.45, 2.75) is 19.3 Å². The predicted octanol–water partition coefficient (Wildman–Crippen LogP) is 12.4. The number of hydrogen-bond acceptors (Lipinski definition) is 4. The number of benzene rings is 7. The van der Waals surface area contributed by atoms with Crippen LogP contribution in [0, 0.1) is 0 Å². The van der Waals surface area contributed by atoms with Gasteiger partial charge in [0.25, 0.3) is 0 Å². The van der Waals surface area contributed by atoms with Crippen LogP contribution in [0.1, 0.15) is 25.0 Å². The molecule has 4 nitrogen and oxygen atoms in total. The molecule has 9 aromatic rings. The van der Waals surface area contributed by atoms with Gasteiger partial charge in [-0.25, -0.2) is 15.0 Å². The highest BCUT2D eigenvalue weighted by molar-refractivity contribution is 6.12. The molecule has 0 amide bonds. The van der Waals surface area contributed by atoms with E-state index in [0.717, 1.165) is 55.3 Å². The zero-order valence-electron chi connectivity index (χ0n) is 28.8. The molecule has 7 aromatic carbocycles. The van der Waals surface area contributed by atoms with Crippen molar-refractivity contribution >= 4 is 21.9 Å². The topological polar surface area (TPSA) is 51.8 Å². The molecule has 4 heteroatoms. The molecule has 2 heterocycles. The predicted molar refractivity (Wildman–Crippen MR) is 212 cm³/mol. The number of aromatic nitrogens is 3. The molecule has 0 unspecified atom stereocenters. The van der Waals surface area contributed by atoms with E-state index >= 15 is 0 Å². The summed E-state index contributed by atoms with van der Waals surface area (Å²) in [5.41, 5.74) is 14.0. The van der Waals surface area contributed by atoms with Gasteiger partial charge in [-0.3, -0.25) is 0 Å². The summed E-state index contributed by atoms with van der Waals surface area (Å²) >= 11 is 0. The van der Waals surface area contributed by atoms with Crippen LogP contribution in [-0.4, -0.2) is 15.0 Å². The summed E-state index contributed by atoms with van der Waals surface area (Å²) in [5.74, 6) is 1.79. The summed E-state index contributed by atoms with van der Waals surface area (Å²) in [7, 11) is 0. The van der Waals surface area contributed by atoms with Crippen LogP contribution in [0.25, 0.3) is 89.5 Å². The first-order valence-electron chi connectivity index (χ1n) is 17.7. The van der Waals surface area contributed by atoms with Gasteiger partial charge in [0.15, 0.2) is 17.5 Å². The van der Waals surface area contributed by atoms with Crippen LogP contribution < -0.4 is 0 Å². The standard InChI is InChI=1S/C48H33N3O/c1-48(2)41-22-10-9-17-36(41)37-28-27-34(29-42(37)48)35-18-11-19-38-39-20-12-21-40(44(39)52-43(35)38)47-50-45(32-15-7-4-8-16-32)49-46(51-47)33-25-23-31(24-26-33)30-13-5-3-6-14-30/h3-29H,1-2H3. The third-order valence-electron chi connectivity index (χ3n) is 10.6. The quantitative estimate of drug-likeness (QED) is 0.183. The molecule has 0 saturated carbocycles. The monoisotopic (exact) mass is 667 g/mol. The van der Waals surface area contributed by atoms with Crippen molar-refractivity contribution in [3.05, 3.63) is 175 Å². The fraction of sp³-hybridized carbons (Fsp3) is 0.0625. The molecule has 0 fully saturated rings. The average Bonchev–Trinajstić information content (AvgIpc) is 3.70. The second kappa shape index (κ2) is 11.7. The molecule has 1 aliphatic carbocycles. The summed E-state index contributed by atoms with van der Waals surface area (Å²) < 4.78 is 6.91. The van der Waals surface area contributed by atoms with Gasteiger partial charge in [0.2, 0.25) is 0 Å². The molecule has 0 N–H and O–H groups in total. The Kier molecular flexibility index (Phi) is 6.80. The third kappa shape index (κ3) is 4.79. The highest BCUT2D eigenvalue weighted by Gasteiger charge is 2.35. The van der Waals surface area contributed by atoms with E-state index in [0.29, 0.717) is 17.5 Å². The molecule has 0 aliphatic heterocycles. The fourth-order valence-corrected chi connectivity index (χ4v) is 7.88. The second-order valence-electron chi connectivity index (χ2n) is 14.0. The van der Waals surface area contributed by atoms with E-state index in [4.69, 9.17) is 19.4 Å². The van der Waals surface area contributed by atoms with Crippen molar-refractivity contribution in [2.75, 3.05) is 0 Å². The minimum Gasteiger partial charge on any atom is -0.455 e. The Hall–Kier alpha value is -6.65. The molecule has 2 aromatic heterocycles. The molecule has 0 radical (unpaired) electrons. The lowest BCUT2D eigenvalue weighted by molar-refractivity contribution is 0.660. The van der Waals surface area contributed by atoms with Gasteiger partial charge in [-0.05, 0) is 51.1 Å². The Morgan fingerprint density at radius 1 is 0.365 bits per heavy atom. The number of nitrogens with zero attached hydrogens (tertiary/aromatic N) is 3. The van der Waals surface area contributed by atoms with E-state index in [-0.39, 0.29) is 5.41 Å². The maximum Gasteiger partial charge on any atom is 0.167 e. The van der Waals surface area contributed by atoms with Gasteiger partial charge >= 0.3 is 0 Å². The summed E-state index contributed by atoms with van der Waals surface area (Å²) in [6.07, 6.45) is 0. The first-order valence-corrected chi connectivity index (χ1v) is 17.7. The van der Waals surface area contributed by atoms with Gasteiger partial charge in [0.1, 0.15) is 11.2 Å². The van der Waals surface area contributed by atoms with Crippen molar-refractivity contribution in [3.8, 4) is 67.5 Å². The van der Waals surface area contributed by atoms with Gasteiger partial charge in [-0.1, -0.05) is 166 Å². The average molecular weight is 668 g/mol. The zero-order chi connectivity index (χ0) is 34.8. The first kappa shape index (κ1) is 30.2. The zero-order valence-corrected chi connectivity index (χ0v) is 28.8. The van der Waals surface area contributed by atoms with E-state index in [1.807, 2.05) is 42.5 Å². The molecule has 1 aliphatic rings. The van der Waals surface area contributed by atoms with E-state index < -0.39 is 0 Å². The van der Waals surface area contributed by atoms with Crippen LogP contribution in [0.15, 0.2) is 168 Å². The van der Waals surface area contributed by atoms with Gasteiger partial charge in [-0.2, -0.15) is 0 Å². The first-order chi connectivity index (χ1) is 25.5. The Morgan fingerprint density at radius 2 is 0.846 bits per heavy atom. The highest BCUT2D eigenvalue weighted by Crippen LogP contribution is 2.50. The van der Waals surface area contributed by atoms with Crippen molar-refractivity contribution in [3.63, 3.8) is 0 Å². The lowest BCUT2D eigenvalue weighted by Gasteiger charge is -2.22. The van der Waals surface area contributed by atoms with E-state index in [9.17, 15) is 0 Å². The van der Waals surface area contributed by atoms with Crippen LogP contribution in [0.5, 0.6) is 0 Å². The van der Waals surface area contributed by atoms with Crippen LogP contribution in [-0.2, 0) is 5.41 Å². The van der Waals surface area contributed by atoms with Gasteiger partial charge < -0.3 is 4.42 Å². The number of furan rings is 1. The molecule has 52 heavy (non-hydrogen) atoms. The number of para-hydroxylation sites is 2. The van der Waals surface area contributed by atoms with Crippen LogP contribution >= 0.6 is 0 Å². The SMILES string of the molecule is CC1(C)c2ccccc2-c2ccc(-c3cccc4c3oc3c(-c5nc(-c6ccccc6)nc(-c6ccc(-c7ccccc7)cc6)n5)cccc34)cc21. The van der Waals surface area contributed by atoms with Gasteiger partial charge in [0, 0.05) is 32.9 Å². The molecule has 10 rings (SSSR count). The lowest BCUT2D eigenvalue weighted by atomic mass is 9.81. The Morgan fingerprint density at radius 3 is 1.56 bits per heavy atom. The van der Waals surface area contributed by atoms with Crippen molar-refractivity contribution in [2.24, 2.45) is 0 Å². The molecule has 0 spiro atoms. The molecule has 0 bridgehead atoms. The molecule has 0 saturated heterocycles. The summed E-state index contributed by atoms with van der Waals surface area (Å²) in [4.78, 5) is 15.1. The van der Waals surface area contributed by atoms with Gasteiger partial charge in [-0.15, -0.1) is 0 Å².